The molecule has 0 radical (unpaired) electrons. The molecule has 1 saturated heterocycles. The summed E-state index contributed by atoms with van der Waals surface area (Å²) in [7, 11) is -4.16. The maximum atomic E-state index is 14.1. The molecular weight excluding hydrogens is 438 g/mol. The van der Waals surface area contributed by atoms with E-state index in [0.717, 1.165) is 50.2 Å². The molecule has 0 amide bonds. The van der Waals surface area contributed by atoms with Gasteiger partial charge in [-0.25, -0.2) is 17.2 Å². The zero-order chi connectivity index (χ0) is 19.6. The van der Waals surface area contributed by atoms with Gasteiger partial charge in [-0.1, -0.05) is 19.1 Å². The van der Waals surface area contributed by atoms with E-state index in [-0.39, 0.29) is 0 Å². The summed E-state index contributed by atoms with van der Waals surface area (Å²) in [5.74, 6) is -1.57. The van der Waals surface area contributed by atoms with E-state index in [0.29, 0.717) is 11.6 Å². The number of hydrogen-bond acceptors (Lipinski definition) is 3. The second-order valence-electron chi connectivity index (χ2n) is 6.69. The van der Waals surface area contributed by atoms with E-state index in [2.05, 4.69) is 32.5 Å². The fourth-order valence-corrected chi connectivity index (χ4v) is 4.99. The van der Waals surface area contributed by atoms with Gasteiger partial charge >= 0.3 is 0 Å². The van der Waals surface area contributed by atoms with E-state index in [9.17, 15) is 17.2 Å². The Bertz CT molecular complexity index is 920. The molecule has 1 fully saturated rings. The number of nitrogens with zero attached hydrogens (tertiary/aromatic N) is 1. The van der Waals surface area contributed by atoms with Crippen LogP contribution in [0.2, 0.25) is 0 Å². The average Bonchev–Trinajstić information content (AvgIpc) is 3.09. The van der Waals surface area contributed by atoms with E-state index >= 15 is 0 Å². The van der Waals surface area contributed by atoms with Crippen LogP contribution in [0.3, 0.4) is 0 Å². The standard InChI is InChI=1S/C19H21BrF2N2O2S/c1-2-10-24-11-9-14(12-24)13-3-5-15(6-4-13)23-27(25,26)17-8-7-16(21)18(20)19(17)22/h3-8,14,23H,2,9-12H2,1H3. The van der Waals surface area contributed by atoms with Gasteiger partial charge in [0.15, 0.2) is 5.82 Å². The molecule has 0 aromatic heterocycles. The fraction of sp³-hybridized carbons (Fsp3) is 0.368. The van der Waals surface area contributed by atoms with E-state index in [1.165, 1.54) is 0 Å². The number of likely N-dealkylation sites (tertiary alicyclic amines) is 1. The first kappa shape index (κ1) is 20.2. The molecule has 146 valence electrons. The first-order valence-electron chi connectivity index (χ1n) is 8.80. The van der Waals surface area contributed by atoms with Crippen molar-refractivity contribution in [2.24, 2.45) is 0 Å². The first-order chi connectivity index (χ1) is 12.8. The predicted molar refractivity (Wildman–Crippen MR) is 105 cm³/mol. The smallest absolute Gasteiger partial charge is 0.264 e. The van der Waals surface area contributed by atoms with Crippen molar-refractivity contribution >= 4 is 31.6 Å². The van der Waals surface area contributed by atoms with Crippen LogP contribution >= 0.6 is 15.9 Å². The number of sulfonamides is 1. The Kier molecular flexibility index (Phi) is 6.18. The summed E-state index contributed by atoms with van der Waals surface area (Å²) in [6.45, 7) is 5.34. The molecule has 2 aromatic carbocycles. The van der Waals surface area contributed by atoms with Crippen LogP contribution in [-0.4, -0.2) is 33.0 Å². The van der Waals surface area contributed by atoms with Crippen LogP contribution in [0.15, 0.2) is 45.8 Å². The SMILES string of the molecule is CCCN1CCC(c2ccc(NS(=O)(=O)c3ccc(F)c(Br)c3F)cc2)C1. The van der Waals surface area contributed by atoms with Gasteiger partial charge in [-0.2, -0.15) is 0 Å². The molecule has 1 N–H and O–H groups in total. The highest BCUT2D eigenvalue weighted by Crippen LogP contribution is 2.30. The Hall–Kier alpha value is -1.51. The summed E-state index contributed by atoms with van der Waals surface area (Å²) in [5, 5.41) is 0. The summed E-state index contributed by atoms with van der Waals surface area (Å²) in [4.78, 5) is 1.82. The molecule has 2 aromatic rings. The third-order valence-corrected chi connectivity index (χ3v) is 6.86. The Morgan fingerprint density at radius 2 is 1.89 bits per heavy atom. The highest BCUT2D eigenvalue weighted by Gasteiger charge is 2.25. The molecule has 1 heterocycles. The van der Waals surface area contributed by atoms with Crippen LogP contribution < -0.4 is 4.72 Å². The van der Waals surface area contributed by atoms with Crippen molar-refractivity contribution in [1.82, 2.24) is 4.90 Å². The van der Waals surface area contributed by atoms with Gasteiger partial charge in [0.25, 0.3) is 10.0 Å². The van der Waals surface area contributed by atoms with Crippen molar-refractivity contribution in [1.29, 1.82) is 0 Å². The number of benzene rings is 2. The van der Waals surface area contributed by atoms with Gasteiger partial charge in [0, 0.05) is 12.2 Å². The molecule has 1 aliphatic rings. The third-order valence-electron chi connectivity index (χ3n) is 4.74. The summed E-state index contributed by atoms with van der Waals surface area (Å²) in [6.07, 6.45) is 2.21. The highest BCUT2D eigenvalue weighted by molar-refractivity contribution is 9.10. The summed E-state index contributed by atoms with van der Waals surface area (Å²) < 4.78 is 54.2. The van der Waals surface area contributed by atoms with Gasteiger partial charge in [0.1, 0.15) is 10.7 Å². The largest absolute Gasteiger partial charge is 0.303 e. The Balaban J connectivity index is 1.74. The third kappa shape index (κ3) is 4.50. The fourth-order valence-electron chi connectivity index (χ4n) is 3.37. The zero-order valence-electron chi connectivity index (χ0n) is 14.9. The number of anilines is 1. The quantitative estimate of drug-likeness (QED) is 0.636. The monoisotopic (exact) mass is 458 g/mol. The van der Waals surface area contributed by atoms with Gasteiger partial charge in [-0.15, -0.1) is 0 Å². The second kappa shape index (κ2) is 8.24. The lowest BCUT2D eigenvalue weighted by Crippen LogP contribution is -2.20. The second-order valence-corrected chi connectivity index (χ2v) is 9.13. The Labute approximate surface area is 166 Å². The van der Waals surface area contributed by atoms with Gasteiger partial charge in [-0.3, -0.25) is 4.72 Å². The summed E-state index contributed by atoms with van der Waals surface area (Å²) >= 11 is 2.72. The van der Waals surface area contributed by atoms with Crippen molar-refractivity contribution in [3.8, 4) is 0 Å². The van der Waals surface area contributed by atoms with Crippen molar-refractivity contribution < 1.29 is 17.2 Å². The Morgan fingerprint density at radius 3 is 2.56 bits per heavy atom. The average molecular weight is 459 g/mol. The van der Waals surface area contributed by atoms with Gasteiger partial charge < -0.3 is 4.90 Å². The lowest BCUT2D eigenvalue weighted by molar-refractivity contribution is 0.335. The number of halogens is 3. The van der Waals surface area contributed by atoms with E-state index in [4.69, 9.17) is 0 Å². The molecule has 1 unspecified atom stereocenters. The molecule has 1 aliphatic heterocycles. The van der Waals surface area contributed by atoms with Crippen molar-refractivity contribution in [2.45, 2.75) is 30.6 Å². The maximum absolute atomic E-state index is 14.1. The van der Waals surface area contributed by atoms with Crippen LogP contribution in [-0.2, 0) is 10.0 Å². The van der Waals surface area contributed by atoms with E-state index in [1.807, 2.05) is 12.1 Å². The van der Waals surface area contributed by atoms with E-state index in [1.54, 1.807) is 12.1 Å². The van der Waals surface area contributed by atoms with Crippen LogP contribution in [0, 0.1) is 11.6 Å². The van der Waals surface area contributed by atoms with Crippen LogP contribution in [0.4, 0.5) is 14.5 Å². The maximum Gasteiger partial charge on any atom is 0.264 e. The molecule has 1 atom stereocenters. The highest BCUT2D eigenvalue weighted by atomic mass is 79.9. The Morgan fingerprint density at radius 1 is 1.19 bits per heavy atom. The number of nitrogens with one attached hydrogen (secondary N) is 1. The number of hydrogen-bond donors (Lipinski definition) is 1. The van der Waals surface area contributed by atoms with Crippen LogP contribution in [0.25, 0.3) is 0 Å². The molecule has 27 heavy (non-hydrogen) atoms. The van der Waals surface area contributed by atoms with E-state index < -0.39 is 31.0 Å². The minimum Gasteiger partial charge on any atom is -0.303 e. The predicted octanol–water partition coefficient (Wildman–Crippen LogP) is 4.73. The van der Waals surface area contributed by atoms with Crippen molar-refractivity contribution in [2.75, 3.05) is 24.4 Å². The molecular formula is C19H21BrF2N2O2S. The molecule has 0 aliphatic carbocycles. The number of rotatable bonds is 6. The van der Waals surface area contributed by atoms with Gasteiger partial charge in [0.05, 0.1) is 4.47 Å². The molecule has 0 bridgehead atoms. The molecule has 8 heteroatoms. The van der Waals surface area contributed by atoms with Crippen LogP contribution in [0.5, 0.6) is 0 Å². The molecule has 3 rings (SSSR count). The summed E-state index contributed by atoms with van der Waals surface area (Å²) in [5.41, 5.74) is 1.49. The lowest BCUT2D eigenvalue weighted by Gasteiger charge is -2.15. The van der Waals surface area contributed by atoms with Crippen LogP contribution in [0.1, 0.15) is 31.2 Å². The van der Waals surface area contributed by atoms with Crippen molar-refractivity contribution in [3.63, 3.8) is 0 Å². The minimum absolute atomic E-state index is 0.335. The first-order valence-corrected chi connectivity index (χ1v) is 11.1. The lowest BCUT2D eigenvalue weighted by atomic mass is 9.98. The van der Waals surface area contributed by atoms with Gasteiger partial charge in [0.2, 0.25) is 0 Å². The van der Waals surface area contributed by atoms with Crippen molar-refractivity contribution in [3.05, 3.63) is 58.1 Å². The molecule has 0 spiro atoms. The minimum atomic E-state index is -4.16. The molecule has 4 nitrogen and oxygen atoms in total. The topological polar surface area (TPSA) is 49.4 Å². The molecule has 0 saturated carbocycles. The summed E-state index contributed by atoms with van der Waals surface area (Å²) in [6, 6.07) is 8.96. The zero-order valence-corrected chi connectivity index (χ0v) is 17.3. The van der Waals surface area contributed by atoms with Gasteiger partial charge in [-0.05, 0) is 77.6 Å². The normalized spacial score (nSPS) is 18.0.